The molecule has 2 N–H and O–H groups in total. The summed E-state index contributed by atoms with van der Waals surface area (Å²) in [5, 5.41) is 7.73. The molecule has 0 amide bonds. The second-order valence-electron chi connectivity index (χ2n) is 6.86. The standard InChI is InChI=1S/C17H28F3N5OS/c1-12(2)8-13(25-4-6-26-7-5-25)9-22-16(21-3)23-10-15-24-14(11-27-15)17(18,19)20/h11-13H,4-10H2,1-3H3,(H2,21,22,23). The van der Waals surface area contributed by atoms with Crippen LogP contribution in [0.5, 0.6) is 0 Å². The maximum Gasteiger partial charge on any atom is 0.434 e. The first-order chi connectivity index (χ1) is 12.8. The predicted molar refractivity (Wildman–Crippen MR) is 101 cm³/mol. The molecule has 0 bridgehead atoms. The molecule has 0 radical (unpaired) electrons. The number of halogens is 3. The summed E-state index contributed by atoms with van der Waals surface area (Å²) in [7, 11) is 1.64. The molecule has 6 nitrogen and oxygen atoms in total. The zero-order valence-electron chi connectivity index (χ0n) is 16.0. The van der Waals surface area contributed by atoms with Gasteiger partial charge in [-0.15, -0.1) is 11.3 Å². The maximum atomic E-state index is 12.6. The average Bonchev–Trinajstić information content (AvgIpc) is 3.10. The number of thiazole rings is 1. The van der Waals surface area contributed by atoms with Crippen LogP contribution in [-0.2, 0) is 17.5 Å². The van der Waals surface area contributed by atoms with Crippen molar-refractivity contribution in [1.29, 1.82) is 0 Å². The molecule has 2 rings (SSSR count). The van der Waals surface area contributed by atoms with E-state index >= 15 is 0 Å². The molecule has 154 valence electrons. The minimum atomic E-state index is -4.41. The predicted octanol–water partition coefficient (Wildman–Crippen LogP) is 2.57. The minimum Gasteiger partial charge on any atom is -0.379 e. The van der Waals surface area contributed by atoms with E-state index in [2.05, 4.69) is 39.4 Å². The van der Waals surface area contributed by atoms with Gasteiger partial charge >= 0.3 is 6.18 Å². The van der Waals surface area contributed by atoms with Crippen molar-refractivity contribution in [3.8, 4) is 0 Å². The summed E-state index contributed by atoms with van der Waals surface area (Å²) >= 11 is 0.986. The molecule has 1 saturated heterocycles. The molecule has 1 aliphatic heterocycles. The van der Waals surface area contributed by atoms with Crippen molar-refractivity contribution in [1.82, 2.24) is 20.5 Å². The zero-order valence-corrected chi connectivity index (χ0v) is 16.8. The quantitative estimate of drug-likeness (QED) is 0.537. The van der Waals surface area contributed by atoms with Crippen molar-refractivity contribution in [2.75, 3.05) is 39.9 Å². The Balaban J connectivity index is 1.86. The Bertz CT molecular complexity index is 600. The zero-order chi connectivity index (χ0) is 19.9. The molecule has 1 aromatic heterocycles. The van der Waals surface area contributed by atoms with E-state index in [0.717, 1.165) is 49.4 Å². The minimum absolute atomic E-state index is 0.201. The van der Waals surface area contributed by atoms with E-state index < -0.39 is 11.9 Å². The van der Waals surface area contributed by atoms with Gasteiger partial charge < -0.3 is 15.4 Å². The van der Waals surface area contributed by atoms with Crippen LogP contribution in [0.2, 0.25) is 0 Å². The van der Waals surface area contributed by atoms with Gasteiger partial charge in [0.25, 0.3) is 0 Å². The van der Waals surface area contributed by atoms with Crippen LogP contribution in [0.15, 0.2) is 10.4 Å². The molecule has 10 heteroatoms. The van der Waals surface area contributed by atoms with Crippen LogP contribution in [0, 0.1) is 5.92 Å². The topological polar surface area (TPSA) is 61.8 Å². The van der Waals surface area contributed by atoms with Crippen LogP contribution in [0.3, 0.4) is 0 Å². The number of morpholine rings is 1. The van der Waals surface area contributed by atoms with Gasteiger partial charge in [0.15, 0.2) is 11.7 Å². The van der Waals surface area contributed by atoms with Crippen LogP contribution in [0.1, 0.15) is 31.0 Å². The molecule has 1 unspecified atom stereocenters. The van der Waals surface area contributed by atoms with Crippen molar-refractivity contribution < 1.29 is 17.9 Å². The summed E-state index contributed by atoms with van der Waals surface area (Å²) in [6.07, 6.45) is -3.36. The van der Waals surface area contributed by atoms with Gasteiger partial charge in [-0.1, -0.05) is 13.8 Å². The smallest absolute Gasteiger partial charge is 0.379 e. The maximum absolute atomic E-state index is 12.6. The number of alkyl halides is 3. The lowest BCUT2D eigenvalue weighted by molar-refractivity contribution is -0.140. The third-order valence-corrected chi connectivity index (χ3v) is 5.13. The van der Waals surface area contributed by atoms with Crippen molar-refractivity contribution in [2.24, 2.45) is 10.9 Å². The van der Waals surface area contributed by atoms with Gasteiger partial charge in [0.05, 0.1) is 19.8 Å². The number of aliphatic imine (C=N–C) groups is 1. The monoisotopic (exact) mass is 407 g/mol. The first-order valence-corrected chi connectivity index (χ1v) is 9.95. The molecule has 1 aromatic rings. The van der Waals surface area contributed by atoms with E-state index in [-0.39, 0.29) is 6.54 Å². The van der Waals surface area contributed by atoms with E-state index in [1.165, 1.54) is 0 Å². The molecule has 1 atom stereocenters. The summed E-state index contributed by atoms with van der Waals surface area (Å²) in [4.78, 5) is 10.2. The van der Waals surface area contributed by atoms with Gasteiger partial charge in [-0.3, -0.25) is 9.89 Å². The molecule has 0 aliphatic carbocycles. The summed E-state index contributed by atoms with van der Waals surface area (Å²) in [6, 6.07) is 0.351. The Hall–Kier alpha value is -1.39. The van der Waals surface area contributed by atoms with E-state index in [9.17, 15) is 13.2 Å². The third kappa shape index (κ3) is 7.27. The first kappa shape index (κ1) is 21.9. The Morgan fingerprint density at radius 1 is 1.33 bits per heavy atom. The van der Waals surface area contributed by atoms with Gasteiger partial charge in [0.2, 0.25) is 0 Å². The fraction of sp³-hybridized carbons (Fsp3) is 0.765. The first-order valence-electron chi connectivity index (χ1n) is 9.07. The van der Waals surface area contributed by atoms with Crippen LogP contribution in [-0.4, -0.2) is 61.8 Å². The number of ether oxygens (including phenoxy) is 1. The van der Waals surface area contributed by atoms with Crippen LogP contribution in [0.25, 0.3) is 0 Å². The molecule has 1 fully saturated rings. The fourth-order valence-electron chi connectivity index (χ4n) is 2.96. The Morgan fingerprint density at radius 2 is 2.04 bits per heavy atom. The summed E-state index contributed by atoms with van der Waals surface area (Å²) in [5.74, 6) is 1.12. The molecule has 27 heavy (non-hydrogen) atoms. The highest BCUT2D eigenvalue weighted by Gasteiger charge is 2.33. The second-order valence-corrected chi connectivity index (χ2v) is 7.81. The molecule has 0 aromatic carbocycles. The Morgan fingerprint density at radius 3 is 2.59 bits per heavy atom. The van der Waals surface area contributed by atoms with E-state index in [0.29, 0.717) is 29.5 Å². The van der Waals surface area contributed by atoms with Gasteiger partial charge in [-0.2, -0.15) is 13.2 Å². The molecular formula is C17H28F3N5OS. The molecule has 0 saturated carbocycles. The number of guanidine groups is 1. The van der Waals surface area contributed by atoms with Gasteiger partial charge in [0, 0.05) is 38.1 Å². The van der Waals surface area contributed by atoms with Crippen molar-refractivity contribution in [3.63, 3.8) is 0 Å². The summed E-state index contributed by atoms with van der Waals surface area (Å²) in [6.45, 7) is 8.61. The number of nitrogens with zero attached hydrogens (tertiary/aromatic N) is 3. The number of hydrogen-bond acceptors (Lipinski definition) is 5. The summed E-state index contributed by atoms with van der Waals surface area (Å²) in [5.41, 5.74) is -0.850. The third-order valence-electron chi connectivity index (χ3n) is 4.28. The van der Waals surface area contributed by atoms with E-state index in [1.807, 2.05) is 0 Å². The lowest BCUT2D eigenvalue weighted by Crippen LogP contribution is -2.50. The van der Waals surface area contributed by atoms with Crippen molar-refractivity contribution >= 4 is 17.3 Å². The van der Waals surface area contributed by atoms with Crippen LogP contribution < -0.4 is 10.6 Å². The van der Waals surface area contributed by atoms with Gasteiger partial charge in [-0.25, -0.2) is 4.98 Å². The average molecular weight is 408 g/mol. The molecule has 1 aliphatic rings. The normalized spacial score (nSPS) is 18.0. The summed E-state index contributed by atoms with van der Waals surface area (Å²) < 4.78 is 43.3. The molecule has 2 heterocycles. The SMILES string of the molecule is CN=C(NCc1nc(C(F)(F)F)cs1)NCC(CC(C)C)N1CCOCC1. The van der Waals surface area contributed by atoms with Crippen LogP contribution >= 0.6 is 11.3 Å². The van der Waals surface area contributed by atoms with Crippen molar-refractivity contribution in [3.05, 3.63) is 16.1 Å². The Kier molecular flexibility index (Phi) is 8.30. The van der Waals surface area contributed by atoms with Gasteiger partial charge in [0.1, 0.15) is 5.01 Å². The Labute approximate surface area is 162 Å². The lowest BCUT2D eigenvalue weighted by atomic mass is 10.0. The number of hydrogen-bond donors (Lipinski definition) is 2. The molecule has 0 spiro atoms. The number of aromatic nitrogens is 1. The van der Waals surface area contributed by atoms with Crippen LogP contribution in [0.4, 0.5) is 13.2 Å². The van der Waals surface area contributed by atoms with Crippen molar-refractivity contribution in [2.45, 2.75) is 39.0 Å². The highest BCUT2D eigenvalue weighted by Crippen LogP contribution is 2.29. The highest BCUT2D eigenvalue weighted by atomic mass is 32.1. The highest BCUT2D eigenvalue weighted by molar-refractivity contribution is 7.09. The largest absolute Gasteiger partial charge is 0.434 e. The number of rotatable bonds is 7. The van der Waals surface area contributed by atoms with E-state index in [1.54, 1.807) is 7.05 Å². The van der Waals surface area contributed by atoms with E-state index in [4.69, 9.17) is 4.74 Å². The molecular weight excluding hydrogens is 379 g/mol. The second kappa shape index (κ2) is 10.2. The fourth-order valence-corrected chi connectivity index (χ4v) is 3.71. The number of nitrogens with one attached hydrogen (secondary N) is 2. The van der Waals surface area contributed by atoms with Gasteiger partial charge in [-0.05, 0) is 12.3 Å². The lowest BCUT2D eigenvalue weighted by Gasteiger charge is -2.35.